The molecule has 2 N–H and O–H groups in total. The fraction of sp³-hybridized carbons (Fsp3) is 0.667. The molecule has 0 aliphatic heterocycles. The highest BCUT2D eigenvalue weighted by Crippen LogP contribution is 2.13. The van der Waals surface area contributed by atoms with Crippen LogP contribution in [0.3, 0.4) is 0 Å². The number of nitrogens with two attached hydrogens (primary N) is 1. The van der Waals surface area contributed by atoms with Crippen molar-refractivity contribution in [2.24, 2.45) is 7.05 Å². The summed E-state index contributed by atoms with van der Waals surface area (Å²) in [5.41, 5.74) is 6.87. The fourth-order valence-electron chi connectivity index (χ4n) is 1.33. The third kappa shape index (κ3) is 1.44. The van der Waals surface area contributed by atoms with Gasteiger partial charge in [-0.1, -0.05) is 13.8 Å². The van der Waals surface area contributed by atoms with Crippen LogP contribution in [0, 0.1) is 0 Å². The summed E-state index contributed by atoms with van der Waals surface area (Å²) in [7, 11) is 1.98. The zero-order valence-corrected chi connectivity index (χ0v) is 8.09. The highest BCUT2D eigenvalue weighted by Gasteiger charge is 2.08. The molecule has 0 saturated carbocycles. The molecule has 0 unspecified atom stereocenters. The molecule has 0 aliphatic rings. The van der Waals surface area contributed by atoms with E-state index in [1.165, 1.54) is 0 Å². The van der Waals surface area contributed by atoms with Crippen molar-refractivity contribution in [3.63, 3.8) is 0 Å². The van der Waals surface area contributed by atoms with Gasteiger partial charge in [-0.2, -0.15) is 0 Å². The van der Waals surface area contributed by atoms with Crippen LogP contribution in [0.25, 0.3) is 0 Å². The molecular weight excluding hydrogens is 150 g/mol. The van der Waals surface area contributed by atoms with Crippen molar-refractivity contribution in [2.45, 2.75) is 33.1 Å². The molecule has 0 amide bonds. The van der Waals surface area contributed by atoms with Crippen LogP contribution in [0.4, 0.5) is 5.82 Å². The molecule has 0 fully saturated rings. The number of aryl methyl sites for hydroxylation is 2. The maximum absolute atomic E-state index is 5.84. The van der Waals surface area contributed by atoms with Gasteiger partial charge in [0, 0.05) is 13.5 Å². The summed E-state index contributed by atoms with van der Waals surface area (Å²) in [6, 6.07) is 0. The van der Waals surface area contributed by atoms with Crippen molar-refractivity contribution in [3.8, 4) is 0 Å². The molecule has 3 nitrogen and oxygen atoms in total. The van der Waals surface area contributed by atoms with E-state index in [0.29, 0.717) is 0 Å². The Kier molecular flexibility index (Phi) is 2.74. The lowest BCUT2D eigenvalue weighted by Crippen LogP contribution is -2.01. The van der Waals surface area contributed by atoms with E-state index in [1.807, 2.05) is 11.6 Å². The molecule has 1 rings (SSSR count). The molecule has 0 atom stereocenters. The van der Waals surface area contributed by atoms with E-state index in [4.69, 9.17) is 5.73 Å². The van der Waals surface area contributed by atoms with Gasteiger partial charge in [0.1, 0.15) is 11.6 Å². The highest BCUT2D eigenvalue weighted by molar-refractivity contribution is 5.37. The Morgan fingerprint density at radius 3 is 2.50 bits per heavy atom. The maximum Gasteiger partial charge on any atom is 0.126 e. The van der Waals surface area contributed by atoms with Gasteiger partial charge >= 0.3 is 0 Å². The minimum atomic E-state index is 0.820. The second kappa shape index (κ2) is 3.61. The van der Waals surface area contributed by atoms with E-state index in [2.05, 4.69) is 18.8 Å². The molecule has 1 aromatic heterocycles. The fourth-order valence-corrected chi connectivity index (χ4v) is 1.33. The molecule has 1 heterocycles. The highest BCUT2D eigenvalue weighted by atomic mass is 15.1. The number of nitrogens with zero attached hydrogens (tertiary/aromatic N) is 2. The minimum Gasteiger partial charge on any atom is -0.384 e. The normalized spacial score (nSPS) is 10.6. The Bertz CT molecular complexity index is 263. The van der Waals surface area contributed by atoms with Crippen LogP contribution in [0.1, 0.15) is 31.8 Å². The van der Waals surface area contributed by atoms with Crippen molar-refractivity contribution in [3.05, 3.63) is 11.5 Å². The SMILES string of the molecule is CCCc1nc(CC)c(N)n1C. The zero-order chi connectivity index (χ0) is 9.14. The second-order valence-electron chi connectivity index (χ2n) is 3.02. The number of rotatable bonds is 3. The van der Waals surface area contributed by atoms with Gasteiger partial charge in [-0.25, -0.2) is 4.98 Å². The van der Waals surface area contributed by atoms with Crippen molar-refractivity contribution < 1.29 is 0 Å². The number of nitrogen functional groups attached to an aromatic ring is 1. The number of hydrogen-bond donors (Lipinski definition) is 1. The van der Waals surface area contributed by atoms with E-state index in [1.54, 1.807) is 0 Å². The molecule has 12 heavy (non-hydrogen) atoms. The predicted octanol–water partition coefficient (Wildman–Crippen LogP) is 1.52. The molecular formula is C9H17N3. The van der Waals surface area contributed by atoms with E-state index < -0.39 is 0 Å². The van der Waals surface area contributed by atoms with Crippen LogP contribution in [-0.2, 0) is 19.9 Å². The third-order valence-corrected chi connectivity index (χ3v) is 2.12. The van der Waals surface area contributed by atoms with Crippen molar-refractivity contribution in [1.82, 2.24) is 9.55 Å². The first-order valence-corrected chi connectivity index (χ1v) is 4.50. The average molecular weight is 167 g/mol. The molecule has 0 saturated heterocycles. The topological polar surface area (TPSA) is 43.8 Å². The molecule has 0 aromatic carbocycles. The lowest BCUT2D eigenvalue weighted by atomic mass is 10.3. The van der Waals surface area contributed by atoms with Crippen LogP contribution >= 0.6 is 0 Å². The van der Waals surface area contributed by atoms with Gasteiger partial charge in [0.05, 0.1) is 5.69 Å². The Balaban J connectivity index is 2.98. The van der Waals surface area contributed by atoms with Crippen molar-refractivity contribution >= 4 is 5.82 Å². The summed E-state index contributed by atoms with van der Waals surface area (Å²) in [4.78, 5) is 4.46. The van der Waals surface area contributed by atoms with Crippen molar-refractivity contribution in [1.29, 1.82) is 0 Å². The minimum absolute atomic E-state index is 0.820. The van der Waals surface area contributed by atoms with Gasteiger partial charge in [0.25, 0.3) is 0 Å². The molecule has 3 heteroatoms. The number of anilines is 1. The van der Waals surface area contributed by atoms with Crippen LogP contribution in [0.15, 0.2) is 0 Å². The summed E-state index contributed by atoms with van der Waals surface area (Å²) in [5.74, 6) is 1.92. The van der Waals surface area contributed by atoms with Crippen LogP contribution in [-0.4, -0.2) is 9.55 Å². The molecule has 0 spiro atoms. The number of hydrogen-bond acceptors (Lipinski definition) is 2. The van der Waals surface area contributed by atoms with E-state index in [9.17, 15) is 0 Å². The Morgan fingerprint density at radius 2 is 2.08 bits per heavy atom. The Hall–Kier alpha value is -0.990. The first-order valence-electron chi connectivity index (χ1n) is 4.50. The van der Waals surface area contributed by atoms with Crippen LogP contribution in [0.5, 0.6) is 0 Å². The Labute approximate surface area is 73.6 Å². The maximum atomic E-state index is 5.84. The summed E-state index contributed by atoms with van der Waals surface area (Å²) in [5, 5.41) is 0. The zero-order valence-electron chi connectivity index (χ0n) is 8.09. The van der Waals surface area contributed by atoms with E-state index in [0.717, 1.165) is 36.6 Å². The molecule has 68 valence electrons. The first-order chi connectivity index (χ1) is 5.70. The number of aromatic nitrogens is 2. The summed E-state index contributed by atoms with van der Waals surface area (Å²) < 4.78 is 1.99. The third-order valence-electron chi connectivity index (χ3n) is 2.12. The second-order valence-corrected chi connectivity index (χ2v) is 3.02. The first kappa shape index (κ1) is 9.10. The smallest absolute Gasteiger partial charge is 0.126 e. The predicted molar refractivity (Wildman–Crippen MR) is 51.0 cm³/mol. The van der Waals surface area contributed by atoms with Crippen LogP contribution < -0.4 is 5.73 Å². The van der Waals surface area contributed by atoms with Gasteiger partial charge in [-0.05, 0) is 12.8 Å². The van der Waals surface area contributed by atoms with E-state index >= 15 is 0 Å². The van der Waals surface area contributed by atoms with Gasteiger partial charge < -0.3 is 10.3 Å². The summed E-state index contributed by atoms with van der Waals surface area (Å²) in [6.45, 7) is 4.23. The average Bonchev–Trinajstić information content (AvgIpc) is 2.33. The standard InChI is InChI=1S/C9H17N3/c1-4-6-8-11-7(5-2)9(10)12(8)3/h4-6,10H2,1-3H3. The largest absolute Gasteiger partial charge is 0.384 e. The summed E-state index contributed by atoms with van der Waals surface area (Å²) >= 11 is 0. The molecule has 0 aliphatic carbocycles. The lowest BCUT2D eigenvalue weighted by Gasteiger charge is -1.99. The Morgan fingerprint density at radius 1 is 1.42 bits per heavy atom. The number of imidazole rings is 1. The van der Waals surface area contributed by atoms with Gasteiger partial charge in [-0.3, -0.25) is 0 Å². The summed E-state index contributed by atoms with van der Waals surface area (Å²) in [6.07, 6.45) is 3.05. The quantitative estimate of drug-likeness (QED) is 0.741. The molecule has 1 aromatic rings. The van der Waals surface area contributed by atoms with E-state index in [-0.39, 0.29) is 0 Å². The van der Waals surface area contributed by atoms with Crippen LogP contribution in [0.2, 0.25) is 0 Å². The lowest BCUT2D eigenvalue weighted by molar-refractivity contribution is 0.763. The molecule has 0 bridgehead atoms. The van der Waals surface area contributed by atoms with Gasteiger partial charge in [0.2, 0.25) is 0 Å². The molecule has 0 radical (unpaired) electrons. The van der Waals surface area contributed by atoms with Gasteiger partial charge in [-0.15, -0.1) is 0 Å². The van der Waals surface area contributed by atoms with Gasteiger partial charge in [0.15, 0.2) is 0 Å². The monoisotopic (exact) mass is 167 g/mol. The van der Waals surface area contributed by atoms with Crippen molar-refractivity contribution in [2.75, 3.05) is 5.73 Å².